The normalized spacial score (nSPS) is 11.7. The molecular weight excluding hydrogens is 404 g/mol. The van der Waals surface area contributed by atoms with Gasteiger partial charge in [-0.3, -0.25) is 9.59 Å². The van der Waals surface area contributed by atoms with Gasteiger partial charge in [0.1, 0.15) is 17.5 Å². The highest BCUT2D eigenvalue weighted by atomic mass is 35.5. The van der Waals surface area contributed by atoms with Crippen LogP contribution in [-0.4, -0.2) is 42.5 Å². The Morgan fingerprint density at radius 3 is 2.43 bits per heavy atom. The average Bonchev–Trinajstić information content (AvgIpc) is 2.71. The third kappa shape index (κ3) is 6.95. The van der Waals surface area contributed by atoms with Crippen LogP contribution in [0.1, 0.15) is 32.8 Å². The Bertz CT molecular complexity index is 857. The molecule has 2 aromatic rings. The van der Waals surface area contributed by atoms with E-state index in [1.165, 1.54) is 0 Å². The first-order valence-corrected chi connectivity index (χ1v) is 10.3. The van der Waals surface area contributed by atoms with E-state index in [4.69, 9.17) is 21.1 Å². The topological polar surface area (TPSA) is 67.9 Å². The van der Waals surface area contributed by atoms with Gasteiger partial charge in [0.05, 0.1) is 7.11 Å². The largest absolute Gasteiger partial charge is 0.497 e. The summed E-state index contributed by atoms with van der Waals surface area (Å²) in [5.41, 5.74) is 0.862. The number of nitrogens with one attached hydrogen (secondary N) is 1. The van der Waals surface area contributed by atoms with Crippen LogP contribution in [0.2, 0.25) is 5.02 Å². The Morgan fingerprint density at radius 1 is 1.10 bits per heavy atom. The molecule has 6 nitrogen and oxygen atoms in total. The molecule has 30 heavy (non-hydrogen) atoms. The number of benzene rings is 2. The van der Waals surface area contributed by atoms with E-state index in [-0.39, 0.29) is 31.0 Å². The number of carbonyl (C=O) groups excluding carboxylic acids is 2. The minimum absolute atomic E-state index is 0.0250. The molecule has 2 rings (SSSR count). The lowest BCUT2D eigenvalue weighted by molar-refractivity contribution is -0.143. The lowest BCUT2D eigenvalue weighted by Crippen LogP contribution is -2.51. The predicted octanol–water partition coefficient (Wildman–Crippen LogP) is 4.06. The minimum Gasteiger partial charge on any atom is -0.497 e. The maximum Gasteiger partial charge on any atom is 0.261 e. The fourth-order valence-electron chi connectivity index (χ4n) is 3.05. The summed E-state index contributed by atoms with van der Waals surface area (Å²) in [6.07, 6.45) is 0.478. The van der Waals surface area contributed by atoms with Crippen molar-refractivity contribution >= 4 is 23.4 Å². The van der Waals surface area contributed by atoms with Crippen LogP contribution in [0, 0.1) is 0 Å². The molecule has 0 saturated carbocycles. The van der Waals surface area contributed by atoms with Crippen molar-refractivity contribution in [3.63, 3.8) is 0 Å². The van der Waals surface area contributed by atoms with Gasteiger partial charge < -0.3 is 19.7 Å². The van der Waals surface area contributed by atoms with E-state index in [1.54, 1.807) is 36.3 Å². The van der Waals surface area contributed by atoms with E-state index >= 15 is 0 Å². The van der Waals surface area contributed by atoms with Crippen molar-refractivity contribution in [3.8, 4) is 11.5 Å². The van der Waals surface area contributed by atoms with Crippen molar-refractivity contribution in [2.24, 2.45) is 0 Å². The Kier molecular flexibility index (Phi) is 8.99. The standard InChI is InChI=1S/C23H29ClN2O4/c1-5-21(23(28)25-16(2)3)26(14-17-8-6-10-19(12-17)29-4)22(27)15-30-20-11-7-9-18(24)13-20/h6-13,16,21H,5,14-15H2,1-4H3,(H,25,28)/t21-/m1/s1. The second-order valence-corrected chi connectivity index (χ2v) is 7.64. The molecule has 1 atom stereocenters. The zero-order valence-corrected chi connectivity index (χ0v) is 18.6. The van der Waals surface area contributed by atoms with E-state index in [1.807, 2.05) is 45.0 Å². The number of halogens is 1. The zero-order chi connectivity index (χ0) is 22.1. The molecule has 7 heteroatoms. The van der Waals surface area contributed by atoms with Crippen LogP contribution in [0.4, 0.5) is 0 Å². The highest BCUT2D eigenvalue weighted by Gasteiger charge is 2.29. The summed E-state index contributed by atoms with van der Waals surface area (Å²) >= 11 is 5.98. The second-order valence-electron chi connectivity index (χ2n) is 7.21. The lowest BCUT2D eigenvalue weighted by Gasteiger charge is -2.31. The van der Waals surface area contributed by atoms with Gasteiger partial charge in [-0.25, -0.2) is 0 Å². The highest BCUT2D eigenvalue weighted by molar-refractivity contribution is 6.30. The summed E-state index contributed by atoms with van der Waals surface area (Å²) in [4.78, 5) is 27.4. The summed E-state index contributed by atoms with van der Waals surface area (Å²) in [5.74, 6) is 0.710. The van der Waals surface area contributed by atoms with Gasteiger partial charge in [-0.05, 0) is 56.2 Å². The van der Waals surface area contributed by atoms with E-state index in [0.717, 1.165) is 5.56 Å². The molecule has 0 spiro atoms. The number of hydrogen-bond acceptors (Lipinski definition) is 4. The molecule has 0 heterocycles. The van der Waals surface area contributed by atoms with Gasteiger partial charge in [-0.15, -0.1) is 0 Å². The number of carbonyl (C=O) groups is 2. The van der Waals surface area contributed by atoms with E-state index in [2.05, 4.69) is 5.32 Å². The van der Waals surface area contributed by atoms with E-state index < -0.39 is 6.04 Å². The lowest BCUT2D eigenvalue weighted by atomic mass is 10.1. The third-order valence-corrected chi connectivity index (χ3v) is 4.70. The van der Waals surface area contributed by atoms with Gasteiger partial charge in [0.2, 0.25) is 5.91 Å². The number of nitrogens with zero attached hydrogens (tertiary/aromatic N) is 1. The van der Waals surface area contributed by atoms with Gasteiger partial charge in [0, 0.05) is 17.6 Å². The molecule has 2 aromatic carbocycles. The molecular formula is C23H29ClN2O4. The summed E-state index contributed by atoms with van der Waals surface area (Å²) < 4.78 is 10.9. The third-order valence-electron chi connectivity index (χ3n) is 4.46. The number of amides is 2. The maximum absolute atomic E-state index is 13.1. The number of ether oxygens (including phenoxy) is 2. The van der Waals surface area contributed by atoms with Crippen LogP contribution in [0.3, 0.4) is 0 Å². The average molecular weight is 433 g/mol. The first-order chi connectivity index (χ1) is 14.3. The number of hydrogen-bond donors (Lipinski definition) is 1. The molecule has 0 saturated heterocycles. The van der Waals surface area contributed by atoms with Gasteiger partial charge in [0.25, 0.3) is 5.91 Å². The molecule has 2 amide bonds. The molecule has 0 aliphatic rings. The Balaban J connectivity index is 2.23. The van der Waals surface area contributed by atoms with Crippen LogP contribution in [0.25, 0.3) is 0 Å². The first-order valence-electron chi connectivity index (χ1n) is 9.95. The van der Waals surface area contributed by atoms with E-state index in [0.29, 0.717) is 22.9 Å². The van der Waals surface area contributed by atoms with Gasteiger partial charge in [0.15, 0.2) is 6.61 Å². The van der Waals surface area contributed by atoms with Crippen LogP contribution in [0.15, 0.2) is 48.5 Å². The summed E-state index contributed by atoms with van der Waals surface area (Å²) in [6, 6.07) is 13.7. The summed E-state index contributed by atoms with van der Waals surface area (Å²) in [7, 11) is 1.59. The Morgan fingerprint density at radius 2 is 1.80 bits per heavy atom. The monoisotopic (exact) mass is 432 g/mol. The fraction of sp³-hybridized carbons (Fsp3) is 0.391. The molecule has 0 aliphatic carbocycles. The second kappa shape index (κ2) is 11.5. The first kappa shape index (κ1) is 23.5. The predicted molar refractivity (Wildman–Crippen MR) is 118 cm³/mol. The smallest absolute Gasteiger partial charge is 0.261 e. The molecule has 0 aliphatic heterocycles. The van der Waals surface area contributed by atoms with Crippen LogP contribution >= 0.6 is 11.6 Å². The minimum atomic E-state index is -0.617. The molecule has 1 N–H and O–H groups in total. The molecule has 0 unspecified atom stereocenters. The highest BCUT2D eigenvalue weighted by Crippen LogP contribution is 2.19. The number of rotatable bonds is 10. The Labute approximate surface area is 183 Å². The van der Waals surface area contributed by atoms with Crippen molar-refractivity contribution in [3.05, 3.63) is 59.1 Å². The molecule has 162 valence electrons. The fourth-order valence-corrected chi connectivity index (χ4v) is 3.23. The molecule has 0 bridgehead atoms. The van der Waals surface area contributed by atoms with Crippen molar-refractivity contribution in [1.29, 1.82) is 0 Å². The number of methoxy groups -OCH3 is 1. The van der Waals surface area contributed by atoms with Crippen molar-refractivity contribution in [2.45, 2.75) is 45.8 Å². The van der Waals surface area contributed by atoms with Crippen LogP contribution < -0.4 is 14.8 Å². The van der Waals surface area contributed by atoms with E-state index in [9.17, 15) is 9.59 Å². The van der Waals surface area contributed by atoms with Crippen molar-refractivity contribution in [1.82, 2.24) is 10.2 Å². The quantitative estimate of drug-likeness (QED) is 0.614. The molecule has 0 aromatic heterocycles. The van der Waals surface area contributed by atoms with Gasteiger partial charge in [-0.2, -0.15) is 0 Å². The van der Waals surface area contributed by atoms with Crippen LogP contribution in [0.5, 0.6) is 11.5 Å². The molecule has 0 fully saturated rings. The SMILES string of the molecule is CC[C@H](C(=O)NC(C)C)N(Cc1cccc(OC)c1)C(=O)COc1cccc(Cl)c1. The molecule has 0 radical (unpaired) electrons. The van der Waals surface area contributed by atoms with Gasteiger partial charge >= 0.3 is 0 Å². The van der Waals surface area contributed by atoms with Crippen molar-refractivity contribution < 1.29 is 19.1 Å². The maximum atomic E-state index is 13.1. The van der Waals surface area contributed by atoms with Crippen LogP contribution in [-0.2, 0) is 16.1 Å². The summed E-state index contributed by atoms with van der Waals surface area (Å²) in [6.45, 7) is 5.73. The Hall–Kier alpha value is -2.73. The van der Waals surface area contributed by atoms with Gasteiger partial charge in [-0.1, -0.05) is 36.7 Å². The summed E-state index contributed by atoms with van der Waals surface area (Å²) in [5, 5.41) is 3.43. The van der Waals surface area contributed by atoms with Crippen molar-refractivity contribution in [2.75, 3.05) is 13.7 Å². The zero-order valence-electron chi connectivity index (χ0n) is 17.9.